The Balaban J connectivity index is 1.99. The molecule has 8 heteroatoms. The van der Waals surface area contributed by atoms with Crippen molar-refractivity contribution in [2.45, 2.75) is 17.7 Å². The molecule has 2 rings (SSSR count). The first-order valence-electron chi connectivity index (χ1n) is 7.88. The van der Waals surface area contributed by atoms with Gasteiger partial charge in [-0.15, -0.1) is 0 Å². The normalized spacial score (nSPS) is 11.2. The third kappa shape index (κ3) is 5.20. The van der Waals surface area contributed by atoms with Crippen LogP contribution in [0.3, 0.4) is 0 Å². The van der Waals surface area contributed by atoms with Gasteiger partial charge in [-0.25, -0.2) is 17.9 Å². The molecule has 0 aliphatic carbocycles. The van der Waals surface area contributed by atoms with Gasteiger partial charge in [-0.05, 0) is 48.7 Å². The molecule has 0 unspecified atom stereocenters. The fraction of sp³-hybridized carbons (Fsp3) is 0.278. The van der Waals surface area contributed by atoms with Crippen LogP contribution >= 0.6 is 11.6 Å². The molecule has 2 aromatic rings. The standard InChI is InChI=1S/C18H20ClNO5S/c1-24-14-7-3-5-13(11-14)6-4-10-20-26(22,23)15-8-9-17(19)16(12-15)18(21)25-2/h3,5,7-9,11-12,20H,4,6,10H2,1-2H3. The molecule has 0 radical (unpaired) electrons. The van der Waals surface area contributed by atoms with Crippen molar-refractivity contribution in [1.82, 2.24) is 4.72 Å². The maximum Gasteiger partial charge on any atom is 0.339 e. The van der Waals surface area contributed by atoms with Gasteiger partial charge in [0.25, 0.3) is 0 Å². The van der Waals surface area contributed by atoms with Gasteiger partial charge in [0.05, 0.1) is 29.7 Å². The van der Waals surface area contributed by atoms with E-state index in [0.29, 0.717) is 12.8 Å². The smallest absolute Gasteiger partial charge is 0.339 e. The van der Waals surface area contributed by atoms with Crippen molar-refractivity contribution in [2.75, 3.05) is 20.8 Å². The molecule has 0 bridgehead atoms. The van der Waals surface area contributed by atoms with E-state index in [2.05, 4.69) is 9.46 Å². The maximum atomic E-state index is 12.4. The summed E-state index contributed by atoms with van der Waals surface area (Å²) < 4.78 is 37.1. The highest BCUT2D eigenvalue weighted by atomic mass is 35.5. The summed E-state index contributed by atoms with van der Waals surface area (Å²) in [5, 5.41) is 0.133. The fourth-order valence-corrected chi connectivity index (χ4v) is 3.64. The minimum Gasteiger partial charge on any atom is -0.497 e. The first kappa shape index (κ1) is 20.2. The Morgan fingerprint density at radius 2 is 1.92 bits per heavy atom. The predicted molar refractivity (Wildman–Crippen MR) is 99.3 cm³/mol. The van der Waals surface area contributed by atoms with E-state index in [9.17, 15) is 13.2 Å². The molecular weight excluding hydrogens is 378 g/mol. The highest BCUT2D eigenvalue weighted by Gasteiger charge is 2.18. The molecule has 0 aliphatic rings. The lowest BCUT2D eigenvalue weighted by Crippen LogP contribution is -2.25. The van der Waals surface area contributed by atoms with Gasteiger partial charge in [0, 0.05) is 6.54 Å². The lowest BCUT2D eigenvalue weighted by Gasteiger charge is -2.09. The van der Waals surface area contributed by atoms with Crippen molar-refractivity contribution in [3.63, 3.8) is 0 Å². The van der Waals surface area contributed by atoms with E-state index in [-0.39, 0.29) is 22.0 Å². The van der Waals surface area contributed by atoms with Gasteiger partial charge in [0.2, 0.25) is 10.0 Å². The Bertz CT molecular complexity index is 883. The third-order valence-corrected chi connectivity index (χ3v) is 5.51. The van der Waals surface area contributed by atoms with Crippen molar-refractivity contribution < 1.29 is 22.7 Å². The molecule has 0 aliphatic heterocycles. The molecular formula is C18H20ClNO5S. The molecule has 0 atom stereocenters. The Kier molecular flexibility index (Phi) is 7.02. The van der Waals surface area contributed by atoms with Gasteiger partial charge in [-0.2, -0.15) is 0 Å². The number of esters is 1. The summed E-state index contributed by atoms with van der Waals surface area (Å²) in [7, 11) is -0.945. The number of carbonyl (C=O) groups excluding carboxylic acids is 1. The molecule has 0 saturated carbocycles. The predicted octanol–water partition coefficient (Wildman–Crippen LogP) is 3.05. The molecule has 0 amide bonds. The first-order chi connectivity index (χ1) is 12.4. The van der Waals surface area contributed by atoms with Crippen LogP contribution in [0.15, 0.2) is 47.4 Å². The van der Waals surface area contributed by atoms with Crippen LogP contribution in [-0.2, 0) is 21.2 Å². The summed E-state index contributed by atoms with van der Waals surface area (Å²) in [5.41, 5.74) is 1.07. The number of sulfonamides is 1. The van der Waals surface area contributed by atoms with Crippen LogP contribution in [0.2, 0.25) is 5.02 Å². The molecule has 6 nitrogen and oxygen atoms in total. The second-order valence-corrected chi connectivity index (χ2v) is 7.66. The van der Waals surface area contributed by atoms with E-state index < -0.39 is 16.0 Å². The van der Waals surface area contributed by atoms with Crippen LogP contribution in [0.4, 0.5) is 0 Å². The molecule has 0 spiro atoms. The number of benzene rings is 2. The van der Waals surface area contributed by atoms with Crippen LogP contribution in [0.25, 0.3) is 0 Å². The van der Waals surface area contributed by atoms with Crippen molar-refractivity contribution in [2.24, 2.45) is 0 Å². The van der Waals surface area contributed by atoms with Crippen LogP contribution in [0, 0.1) is 0 Å². The lowest BCUT2D eigenvalue weighted by molar-refractivity contribution is 0.0600. The second kappa shape index (κ2) is 9.02. The van der Waals surface area contributed by atoms with E-state index >= 15 is 0 Å². The van der Waals surface area contributed by atoms with Crippen molar-refractivity contribution in [3.05, 3.63) is 58.6 Å². The van der Waals surface area contributed by atoms with Gasteiger partial charge >= 0.3 is 5.97 Å². The zero-order valence-corrected chi connectivity index (χ0v) is 16.1. The summed E-state index contributed by atoms with van der Waals surface area (Å²) in [4.78, 5) is 11.6. The number of hydrogen-bond donors (Lipinski definition) is 1. The molecule has 1 N–H and O–H groups in total. The topological polar surface area (TPSA) is 81.7 Å². The zero-order valence-electron chi connectivity index (χ0n) is 14.5. The highest BCUT2D eigenvalue weighted by molar-refractivity contribution is 7.89. The molecule has 2 aromatic carbocycles. The number of ether oxygens (including phenoxy) is 2. The van der Waals surface area contributed by atoms with Crippen LogP contribution in [0.5, 0.6) is 5.75 Å². The van der Waals surface area contributed by atoms with Crippen molar-refractivity contribution in [1.29, 1.82) is 0 Å². The largest absolute Gasteiger partial charge is 0.497 e. The number of methoxy groups -OCH3 is 2. The number of halogens is 1. The minimum atomic E-state index is -3.75. The van der Waals surface area contributed by atoms with E-state index in [1.54, 1.807) is 7.11 Å². The number of aryl methyl sites for hydroxylation is 1. The zero-order chi connectivity index (χ0) is 19.2. The van der Waals surface area contributed by atoms with E-state index in [0.717, 1.165) is 11.3 Å². The minimum absolute atomic E-state index is 0.00780. The van der Waals surface area contributed by atoms with Crippen LogP contribution in [-0.4, -0.2) is 35.2 Å². The average molecular weight is 398 g/mol. The molecule has 26 heavy (non-hydrogen) atoms. The SMILES string of the molecule is COC(=O)c1cc(S(=O)(=O)NCCCc2cccc(OC)c2)ccc1Cl. The Labute approximate surface area is 158 Å². The molecule has 0 saturated heterocycles. The monoisotopic (exact) mass is 397 g/mol. The maximum absolute atomic E-state index is 12.4. The summed E-state index contributed by atoms with van der Waals surface area (Å²) in [5.74, 6) is 0.0738. The Morgan fingerprint density at radius 3 is 2.62 bits per heavy atom. The number of hydrogen-bond acceptors (Lipinski definition) is 5. The first-order valence-corrected chi connectivity index (χ1v) is 9.74. The van der Waals surface area contributed by atoms with Gasteiger partial charge < -0.3 is 9.47 Å². The summed E-state index contributed by atoms with van der Waals surface area (Å²) in [6, 6.07) is 11.5. The van der Waals surface area contributed by atoms with Crippen molar-refractivity contribution in [3.8, 4) is 5.75 Å². The van der Waals surface area contributed by atoms with Crippen LogP contribution in [0.1, 0.15) is 22.3 Å². The lowest BCUT2D eigenvalue weighted by atomic mass is 10.1. The highest BCUT2D eigenvalue weighted by Crippen LogP contribution is 2.21. The second-order valence-electron chi connectivity index (χ2n) is 5.49. The quantitative estimate of drug-likeness (QED) is 0.547. The Morgan fingerprint density at radius 1 is 1.15 bits per heavy atom. The van der Waals surface area contributed by atoms with Crippen LogP contribution < -0.4 is 9.46 Å². The van der Waals surface area contributed by atoms with E-state index in [4.69, 9.17) is 16.3 Å². The fourth-order valence-electron chi connectivity index (χ4n) is 2.35. The van der Waals surface area contributed by atoms with Gasteiger partial charge in [0.15, 0.2) is 0 Å². The van der Waals surface area contributed by atoms with E-state index in [1.807, 2.05) is 24.3 Å². The van der Waals surface area contributed by atoms with Gasteiger partial charge in [-0.1, -0.05) is 23.7 Å². The molecule has 140 valence electrons. The molecule has 0 heterocycles. The summed E-state index contributed by atoms with van der Waals surface area (Å²) in [6.45, 7) is 0.260. The number of nitrogens with one attached hydrogen (secondary N) is 1. The molecule has 0 aromatic heterocycles. The third-order valence-electron chi connectivity index (χ3n) is 3.72. The van der Waals surface area contributed by atoms with Gasteiger partial charge in [-0.3, -0.25) is 0 Å². The summed E-state index contributed by atoms with van der Waals surface area (Å²) in [6.07, 6.45) is 1.32. The van der Waals surface area contributed by atoms with Gasteiger partial charge in [0.1, 0.15) is 5.75 Å². The summed E-state index contributed by atoms with van der Waals surface area (Å²) >= 11 is 5.91. The van der Waals surface area contributed by atoms with Crippen molar-refractivity contribution >= 4 is 27.6 Å². The van der Waals surface area contributed by atoms with E-state index in [1.165, 1.54) is 25.3 Å². The Hall–Kier alpha value is -2.09. The molecule has 0 fully saturated rings. The number of carbonyl (C=O) groups is 1. The number of rotatable bonds is 8. The average Bonchev–Trinajstić information content (AvgIpc) is 2.65.